The van der Waals surface area contributed by atoms with Crippen molar-refractivity contribution in [1.29, 1.82) is 0 Å². The fraction of sp³-hybridized carbons (Fsp3) is 0.400. The molecule has 1 aromatic carbocycles. The highest BCUT2D eigenvalue weighted by Gasteiger charge is 2.20. The third-order valence-corrected chi connectivity index (χ3v) is 2.70. The minimum absolute atomic E-state index is 0.0215. The van der Waals surface area contributed by atoms with Crippen molar-refractivity contribution < 1.29 is 4.92 Å². The fourth-order valence-corrected chi connectivity index (χ4v) is 1.54. The van der Waals surface area contributed by atoms with Gasteiger partial charge in [0.15, 0.2) is 0 Å². The largest absolute Gasteiger partial charge is 0.310 e. The zero-order valence-corrected chi connectivity index (χ0v) is 8.83. The molecule has 1 aromatic rings. The van der Waals surface area contributed by atoms with Gasteiger partial charge in [0.2, 0.25) is 0 Å². The molecule has 1 fully saturated rings. The van der Waals surface area contributed by atoms with E-state index in [-0.39, 0.29) is 10.7 Å². The van der Waals surface area contributed by atoms with Crippen LogP contribution < -0.4 is 5.32 Å². The standard InChI is InChI=1S/C10H11ClN2O2/c11-9-4-1-7(5-10(9)13(14)15)6-12-8-2-3-8/h1,4-5,8,12H,2-3,6H2. The lowest BCUT2D eigenvalue weighted by atomic mass is 10.2. The molecule has 80 valence electrons. The van der Waals surface area contributed by atoms with Crippen molar-refractivity contribution in [2.75, 3.05) is 0 Å². The Balaban J connectivity index is 2.10. The Morgan fingerprint density at radius 3 is 2.87 bits per heavy atom. The van der Waals surface area contributed by atoms with E-state index in [1.54, 1.807) is 6.07 Å². The summed E-state index contributed by atoms with van der Waals surface area (Å²) < 4.78 is 0. The zero-order chi connectivity index (χ0) is 10.8. The Bertz CT molecular complexity index is 391. The van der Waals surface area contributed by atoms with E-state index in [1.165, 1.54) is 18.9 Å². The molecule has 0 amide bonds. The summed E-state index contributed by atoms with van der Waals surface area (Å²) in [6.45, 7) is 0.669. The van der Waals surface area contributed by atoms with Gasteiger partial charge < -0.3 is 5.32 Å². The number of nitro benzene ring substituents is 1. The zero-order valence-electron chi connectivity index (χ0n) is 8.07. The van der Waals surface area contributed by atoms with Crippen molar-refractivity contribution in [3.8, 4) is 0 Å². The first-order valence-corrected chi connectivity index (χ1v) is 5.21. The number of hydrogen-bond acceptors (Lipinski definition) is 3. The summed E-state index contributed by atoms with van der Waals surface area (Å²) in [5, 5.41) is 14.1. The lowest BCUT2D eigenvalue weighted by Crippen LogP contribution is -2.15. The van der Waals surface area contributed by atoms with Gasteiger partial charge in [0.05, 0.1) is 4.92 Å². The van der Waals surface area contributed by atoms with Crippen LogP contribution in [0.25, 0.3) is 0 Å². The molecular weight excluding hydrogens is 216 g/mol. The van der Waals surface area contributed by atoms with Crippen LogP contribution in [0, 0.1) is 10.1 Å². The maximum Gasteiger partial charge on any atom is 0.288 e. The van der Waals surface area contributed by atoms with Crippen LogP contribution in [-0.4, -0.2) is 11.0 Å². The molecule has 0 radical (unpaired) electrons. The molecule has 2 rings (SSSR count). The number of hydrogen-bond donors (Lipinski definition) is 1. The van der Waals surface area contributed by atoms with Crippen LogP contribution in [-0.2, 0) is 6.54 Å². The molecule has 1 N–H and O–H groups in total. The van der Waals surface area contributed by atoms with Crippen molar-refractivity contribution in [2.45, 2.75) is 25.4 Å². The highest BCUT2D eigenvalue weighted by Crippen LogP contribution is 2.25. The van der Waals surface area contributed by atoms with Crippen LogP contribution >= 0.6 is 11.6 Å². The third kappa shape index (κ3) is 2.67. The van der Waals surface area contributed by atoms with E-state index in [4.69, 9.17) is 11.6 Å². The molecular formula is C10H11ClN2O2. The van der Waals surface area contributed by atoms with Gasteiger partial charge >= 0.3 is 0 Å². The van der Waals surface area contributed by atoms with Crippen molar-refractivity contribution in [2.24, 2.45) is 0 Å². The topological polar surface area (TPSA) is 55.2 Å². The number of halogens is 1. The van der Waals surface area contributed by atoms with Gasteiger partial charge in [-0.25, -0.2) is 0 Å². The third-order valence-electron chi connectivity index (χ3n) is 2.38. The van der Waals surface area contributed by atoms with Gasteiger partial charge in [-0.2, -0.15) is 0 Å². The van der Waals surface area contributed by atoms with Crippen molar-refractivity contribution in [1.82, 2.24) is 5.32 Å². The molecule has 4 nitrogen and oxygen atoms in total. The second kappa shape index (κ2) is 4.16. The number of nitro groups is 1. The van der Waals surface area contributed by atoms with Crippen molar-refractivity contribution in [3.63, 3.8) is 0 Å². The Hall–Kier alpha value is -1.13. The van der Waals surface area contributed by atoms with Crippen LogP contribution in [0.5, 0.6) is 0 Å². The summed E-state index contributed by atoms with van der Waals surface area (Å²) in [4.78, 5) is 10.2. The fourth-order valence-electron chi connectivity index (χ4n) is 1.36. The molecule has 15 heavy (non-hydrogen) atoms. The second-order valence-electron chi connectivity index (χ2n) is 3.70. The lowest BCUT2D eigenvalue weighted by Gasteiger charge is -2.03. The summed E-state index contributed by atoms with van der Waals surface area (Å²) in [6.07, 6.45) is 2.41. The van der Waals surface area contributed by atoms with Crippen molar-refractivity contribution >= 4 is 17.3 Å². The van der Waals surface area contributed by atoms with E-state index in [2.05, 4.69) is 5.32 Å². The predicted octanol–water partition coefficient (Wildman–Crippen LogP) is 2.50. The van der Waals surface area contributed by atoms with Crippen LogP contribution in [0.4, 0.5) is 5.69 Å². The highest BCUT2D eigenvalue weighted by atomic mass is 35.5. The number of nitrogens with one attached hydrogen (secondary N) is 1. The van der Waals surface area contributed by atoms with Gasteiger partial charge in [0.25, 0.3) is 5.69 Å². The highest BCUT2D eigenvalue weighted by molar-refractivity contribution is 6.32. The minimum atomic E-state index is -0.455. The molecule has 1 aliphatic rings. The van der Waals surface area contributed by atoms with Gasteiger partial charge in [-0.15, -0.1) is 0 Å². The van der Waals surface area contributed by atoms with Crippen LogP contribution in [0.15, 0.2) is 18.2 Å². The van der Waals surface area contributed by atoms with E-state index in [0.717, 1.165) is 5.56 Å². The van der Waals surface area contributed by atoms with Gasteiger partial charge in [-0.3, -0.25) is 10.1 Å². The summed E-state index contributed by atoms with van der Waals surface area (Å²) in [7, 11) is 0. The summed E-state index contributed by atoms with van der Waals surface area (Å²) in [5.41, 5.74) is 0.879. The first kappa shape index (κ1) is 10.4. The van der Waals surface area contributed by atoms with Crippen LogP contribution in [0.2, 0.25) is 5.02 Å². The molecule has 0 spiro atoms. The van der Waals surface area contributed by atoms with E-state index in [1.807, 2.05) is 6.07 Å². The van der Waals surface area contributed by atoms with Crippen LogP contribution in [0.1, 0.15) is 18.4 Å². The number of benzene rings is 1. The van der Waals surface area contributed by atoms with Gasteiger partial charge in [-0.1, -0.05) is 17.7 Å². The SMILES string of the molecule is O=[N+]([O-])c1cc(CNC2CC2)ccc1Cl. The van der Waals surface area contributed by atoms with Gasteiger partial charge in [0.1, 0.15) is 5.02 Å². The molecule has 0 aromatic heterocycles. The summed E-state index contributed by atoms with van der Waals surface area (Å²) in [6, 6.07) is 5.51. The molecule has 1 saturated carbocycles. The first-order chi connectivity index (χ1) is 7.16. The normalized spacial score (nSPS) is 15.3. The monoisotopic (exact) mass is 226 g/mol. The van der Waals surface area contributed by atoms with E-state index in [9.17, 15) is 10.1 Å². The quantitative estimate of drug-likeness (QED) is 0.634. The molecule has 0 bridgehead atoms. The van der Waals surface area contributed by atoms with Crippen molar-refractivity contribution in [3.05, 3.63) is 38.9 Å². The molecule has 0 heterocycles. The Morgan fingerprint density at radius 2 is 2.27 bits per heavy atom. The summed E-state index contributed by atoms with van der Waals surface area (Å²) in [5.74, 6) is 0. The Morgan fingerprint density at radius 1 is 1.53 bits per heavy atom. The van der Waals surface area contributed by atoms with E-state index in [0.29, 0.717) is 12.6 Å². The van der Waals surface area contributed by atoms with Gasteiger partial charge in [-0.05, 0) is 24.5 Å². The Labute approximate surface area is 92.4 Å². The predicted molar refractivity (Wildman–Crippen MR) is 58.0 cm³/mol. The van der Waals surface area contributed by atoms with E-state index >= 15 is 0 Å². The van der Waals surface area contributed by atoms with Gasteiger partial charge in [0, 0.05) is 18.7 Å². The van der Waals surface area contributed by atoms with E-state index < -0.39 is 4.92 Å². The molecule has 0 atom stereocenters. The lowest BCUT2D eigenvalue weighted by molar-refractivity contribution is -0.384. The molecule has 1 aliphatic carbocycles. The maximum atomic E-state index is 10.6. The molecule has 0 aliphatic heterocycles. The summed E-state index contributed by atoms with van der Waals surface area (Å²) >= 11 is 5.70. The maximum absolute atomic E-state index is 10.6. The van der Waals surface area contributed by atoms with Crippen LogP contribution in [0.3, 0.4) is 0 Å². The Kier molecular flexibility index (Phi) is 2.88. The number of nitrogens with zero attached hydrogens (tertiary/aromatic N) is 1. The average Bonchev–Trinajstić information content (AvgIpc) is 3.00. The average molecular weight is 227 g/mol. The smallest absolute Gasteiger partial charge is 0.288 e. The first-order valence-electron chi connectivity index (χ1n) is 4.83. The number of rotatable bonds is 4. The second-order valence-corrected chi connectivity index (χ2v) is 4.11. The minimum Gasteiger partial charge on any atom is -0.310 e. The molecule has 5 heteroatoms. The molecule has 0 saturated heterocycles. The molecule has 0 unspecified atom stereocenters.